The topological polar surface area (TPSA) is 109 Å². The molecule has 0 saturated carbocycles. The van der Waals surface area contributed by atoms with E-state index in [0.717, 1.165) is 0 Å². The number of nitro groups is 1. The number of methoxy groups -OCH3 is 4. The van der Waals surface area contributed by atoms with Crippen molar-refractivity contribution in [3.8, 4) is 23.0 Å². The van der Waals surface area contributed by atoms with Gasteiger partial charge in [-0.15, -0.1) is 0 Å². The van der Waals surface area contributed by atoms with E-state index in [1.165, 1.54) is 52.7 Å². The summed E-state index contributed by atoms with van der Waals surface area (Å²) in [6, 6.07) is 7.52. The summed E-state index contributed by atoms with van der Waals surface area (Å²) in [4.78, 5) is 22.7. The van der Waals surface area contributed by atoms with Gasteiger partial charge in [0.15, 0.2) is 17.2 Å². The number of nitrogens with one attached hydrogen (secondary N) is 1. The Morgan fingerprint density at radius 2 is 1.57 bits per heavy atom. The lowest BCUT2D eigenvalue weighted by atomic mass is 10.1. The van der Waals surface area contributed by atoms with Gasteiger partial charge in [-0.05, 0) is 35.9 Å². The van der Waals surface area contributed by atoms with E-state index in [-0.39, 0.29) is 17.1 Å². The molecule has 0 atom stereocenters. The molecule has 148 valence electrons. The van der Waals surface area contributed by atoms with Crippen molar-refractivity contribution < 1.29 is 28.7 Å². The molecule has 1 amide bonds. The molecule has 0 saturated heterocycles. The Hall–Kier alpha value is -3.75. The molecule has 9 heteroatoms. The molecule has 0 spiro atoms. The largest absolute Gasteiger partial charge is 0.493 e. The van der Waals surface area contributed by atoms with E-state index in [4.69, 9.17) is 18.9 Å². The molecule has 0 heterocycles. The van der Waals surface area contributed by atoms with Gasteiger partial charge in [0.2, 0.25) is 11.7 Å². The van der Waals surface area contributed by atoms with Crippen LogP contribution in [-0.4, -0.2) is 39.3 Å². The first-order valence-corrected chi connectivity index (χ1v) is 8.05. The Kier molecular flexibility index (Phi) is 6.80. The summed E-state index contributed by atoms with van der Waals surface area (Å²) in [7, 11) is 5.82. The third-order valence-electron chi connectivity index (χ3n) is 3.76. The molecule has 0 unspecified atom stereocenters. The van der Waals surface area contributed by atoms with Gasteiger partial charge in [-0.3, -0.25) is 14.9 Å². The highest BCUT2D eigenvalue weighted by Gasteiger charge is 2.16. The number of nitrogens with zero attached hydrogens (tertiary/aromatic N) is 1. The first-order valence-electron chi connectivity index (χ1n) is 8.05. The first kappa shape index (κ1) is 20.6. The summed E-state index contributed by atoms with van der Waals surface area (Å²) in [6.07, 6.45) is 2.84. The molecule has 0 aliphatic heterocycles. The van der Waals surface area contributed by atoms with Crippen LogP contribution in [-0.2, 0) is 4.79 Å². The average molecular weight is 388 g/mol. The summed E-state index contributed by atoms with van der Waals surface area (Å²) < 4.78 is 20.7. The van der Waals surface area contributed by atoms with E-state index in [1.54, 1.807) is 18.2 Å². The normalized spacial score (nSPS) is 10.4. The highest BCUT2D eigenvalue weighted by atomic mass is 16.6. The van der Waals surface area contributed by atoms with Crippen molar-refractivity contribution in [3.05, 3.63) is 52.1 Å². The minimum atomic E-state index is -0.583. The molecule has 0 aliphatic rings. The first-order chi connectivity index (χ1) is 13.4. The van der Waals surface area contributed by atoms with Gasteiger partial charge in [-0.25, -0.2) is 0 Å². The van der Waals surface area contributed by atoms with Crippen molar-refractivity contribution in [2.24, 2.45) is 0 Å². The molecule has 2 rings (SSSR count). The van der Waals surface area contributed by atoms with Crippen LogP contribution in [0.1, 0.15) is 5.56 Å². The van der Waals surface area contributed by atoms with Gasteiger partial charge in [-0.1, -0.05) is 0 Å². The molecule has 0 radical (unpaired) electrons. The van der Waals surface area contributed by atoms with Crippen LogP contribution in [0.25, 0.3) is 6.08 Å². The summed E-state index contributed by atoms with van der Waals surface area (Å²) in [5, 5.41) is 13.6. The predicted molar refractivity (Wildman–Crippen MR) is 103 cm³/mol. The number of carbonyl (C=O) groups excluding carboxylic acids is 1. The zero-order valence-electron chi connectivity index (χ0n) is 15.8. The Bertz CT molecular complexity index is 884. The highest BCUT2D eigenvalue weighted by Crippen LogP contribution is 2.38. The second-order valence-electron chi connectivity index (χ2n) is 5.42. The van der Waals surface area contributed by atoms with Crippen molar-refractivity contribution in [1.82, 2.24) is 0 Å². The Morgan fingerprint density at radius 3 is 2.07 bits per heavy atom. The van der Waals surface area contributed by atoms with E-state index < -0.39 is 10.8 Å². The van der Waals surface area contributed by atoms with Crippen LogP contribution >= 0.6 is 0 Å². The molecule has 0 fully saturated rings. The molecule has 0 aromatic heterocycles. The molecular weight excluding hydrogens is 368 g/mol. The van der Waals surface area contributed by atoms with Crippen molar-refractivity contribution in [3.63, 3.8) is 0 Å². The van der Waals surface area contributed by atoms with Crippen LogP contribution in [0, 0.1) is 10.1 Å². The van der Waals surface area contributed by atoms with Crippen LogP contribution in [0.5, 0.6) is 23.0 Å². The van der Waals surface area contributed by atoms with Crippen LogP contribution in [0.2, 0.25) is 0 Å². The van der Waals surface area contributed by atoms with Gasteiger partial charge in [0.1, 0.15) is 0 Å². The maximum atomic E-state index is 12.2. The third kappa shape index (κ3) is 4.70. The van der Waals surface area contributed by atoms with Crippen molar-refractivity contribution in [1.29, 1.82) is 0 Å². The quantitative estimate of drug-likeness (QED) is 0.420. The zero-order valence-corrected chi connectivity index (χ0v) is 15.8. The van der Waals surface area contributed by atoms with E-state index >= 15 is 0 Å². The van der Waals surface area contributed by atoms with E-state index in [1.807, 2.05) is 0 Å². The smallest absolute Gasteiger partial charge is 0.312 e. The fourth-order valence-corrected chi connectivity index (χ4v) is 2.46. The lowest BCUT2D eigenvalue weighted by Gasteiger charge is -2.12. The van der Waals surface area contributed by atoms with Gasteiger partial charge >= 0.3 is 5.69 Å². The average Bonchev–Trinajstić information content (AvgIpc) is 2.71. The number of nitro benzene ring substituents is 1. The zero-order chi connectivity index (χ0) is 20.7. The molecule has 0 aliphatic carbocycles. The van der Waals surface area contributed by atoms with Gasteiger partial charge in [0, 0.05) is 17.8 Å². The molecular formula is C19H20N2O7. The fraction of sp³-hybridized carbons (Fsp3) is 0.211. The lowest BCUT2D eigenvalue weighted by molar-refractivity contribution is -0.385. The van der Waals surface area contributed by atoms with E-state index in [2.05, 4.69) is 5.32 Å². The van der Waals surface area contributed by atoms with Crippen molar-refractivity contribution in [2.75, 3.05) is 33.8 Å². The lowest BCUT2D eigenvalue weighted by Crippen LogP contribution is -2.08. The number of carbonyl (C=O) groups is 1. The van der Waals surface area contributed by atoms with Gasteiger partial charge < -0.3 is 24.3 Å². The second-order valence-corrected chi connectivity index (χ2v) is 5.42. The summed E-state index contributed by atoms with van der Waals surface area (Å²) >= 11 is 0. The number of benzene rings is 2. The van der Waals surface area contributed by atoms with E-state index in [9.17, 15) is 14.9 Å². The van der Waals surface area contributed by atoms with Gasteiger partial charge in [-0.2, -0.15) is 0 Å². The maximum Gasteiger partial charge on any atom is 0.312 e. The third-order valence-corrected chi connectivity index (χ3v) is 3.76. The van der Waals surface area contributed by atoms with Crippen LogP contribution in [0.15, 0.2) is 36.4 Å². The molecule has 2 aromatic carbocycles. The fourth-order valence-electron chi connectivity index (χ4n) is 2.46. The number of amides is 1. The predicted octanol–water partition coefficient (Wildman–Crippen LogP) is 3.28. The number of hydrogen-bond acceptors (Lipinski definition) is 7. The maximum absolute atomic E-state index is 12.2. The Labute approximate surface area is 161 Å². The second kappa shape index (κ2) is 9.26. The van der Waals surface area contributed by atoms with Crippen LogP contribution < -0.4 is 24.3 Å². The monoisotopic (exact) mass is 388 g/mol. The van der Waals surface area contributed by atoms with Gasteiger partial charge in [0.05, 0.1) is 33.4 Å². The Morgan fingerprint density at radius 1 is 0.964 bits per heavy atom. The minimum Gasteiger partial charge on any atom is -0.493 e. The molecule has 0 bridgehead atoms. The number of anilines is 1. The van der Waals surface area contributed by atoms with Crippen LogP contribution in [0.4, 0.5) is 11.4 Å². The molecule has 28 heavy (non-hydrogen) atoms. The SMILES string of the molecule is COc1ccc(NC(=O)C=Cc2cc(OC)c(OC)c(OC)c2)cc1[N+](=O)[O-]. The van der Waals surface area contributed by atoms with E-state index in [0.29, 0.717) is 22.8 Å². The van der Waals surface area contributed by atoms with Crippen molar-refractivity contribution >= 4 is 23.4 Å². The van der Waals surface area contributed by atoms with Gasteiger partial charge in [0.25, 0.3) is 0 Å². The Balaban J connectivity index is 2.20. The number of rotatable bonds is 8. The number of hydrogen-bond donors (Lipinski definition) is 1. The van der Waals surface area contributed by atoms with Crippen LogP contribution in [0.3, 0.4) is 0 Å². The van der Waals surface area contributed by atoms with Crippen molar-refractivity contribution in [2.45, 2.75) is 0 Å². The molecule has 1 N–H and O–H groups in total. The molecule has 9 nitrogen and oxygen atoms in total. The number of ether oxygens (including phenoxy) is 4. The molecule has 2 aromatic rings. The summed E-state index contributed by atoms with van der Waals surface area (Å²) in [6.45, 7) is 0. The summed E-state index contributed by atoms with van der Waals surface area (Å²) in [5.41, 5.74) is 0.673. The minimum absolute atomic E-state index is 0.107. The highest BCUT2D eigenvalue weighted by molar-refractivity contribution is 6.02. The summed E-state index contributed by atoms with van der Waals surface area (Å²) in [5.74, 6) is 0.988. The standard InChI is InChI=1S/C19H20N2O7/c1-25-15-7-6-13(11-14(15)21(23)24)20-18(22)8-5-12-9-16(26-2)19(28-4)17(10-12)27-3/h5-11H,1-4H3,(H,20,22).